The summed E-state index contributed by atoms with van der Waals surface area (Å²) in [4.78, 5) is 8.94. The molecule has 0 aliphatic carbocycles. The highest BCUT2D eigenvalue weighted by molar-refractivity contribution is 14.0. The number of methoxy groups -OCH3 is 1. The number of hydrogen-bond donors (Lipinski definition) is 2. The van der Waals surface area contributed by atoms with Crippen molar-refractivity contribution in [2.24, 2.45) is 4.99 Å². The van der Waals surface area contributed by atoms with Crippen LogP contribution < -0.4 is 15.4 Å². The van der Waals surface area contributed by atoms with E-state index in [2.05, 4.69) is 33.6 Å². The number of aliphatic imine (C=N–C) groups is 1. The summed E-state index contributed by atoms with van der Waals surface area (Å²) in [6.45, 7) is 6.34. The third-order valence-corrected chi connectivity index (χ3v) is 3.60. The van der Waals surface area contributed by atoms with Crippen LogP contribution in [0, 0.1) is 6.92 Å². The predicted molar refractivity (Wildman–Crippen MR) is 114 cm³/mol. The van der Waals surface area contributed by atoms with Crippen molar-refractivity contribution < 1.29 is 4.74 Å². The van der Waals surface area contributed by atoms with E-state index in [4.69, 9.17) is 4.74 Å². The van der Waals surface area contributed by atoms with Crippen LogP contribution in [0.3, 0.4) is 0 Å². The lowest BCUT2D eigenvalue weighted by molar-refractivity contribution is 0.414. The average Bonchev–Trinajstić information content (AvgIpc) is 2.62. The maximum Gasteiger partial charge on any atom is 0.191 e. The Hall–Kier alpha value is -1.83. The van der Waals surface area contributed by atoms with Gasteiger partial charge in [-0.1, -0.05) is 18.2 Å². The zero-order chi connectivity index (χ0) is 17.2. The molecule has 0 aliphatic rings. The van der Waals surface area contributed by atoms with Crippen LogP contribution in [0.4, 0.5) is 0 Å². The fourth-order valence-corrected chi connectivity index (χ4v) is 2.21. The summed E-state index contributed by atoms with van der Waals surface area (Å²) in [6, 6.07) is 12.1. The number of guanidine groups is 1. The van der Waals surface area contributed by atoms with Crippen molar-refractivity contribution in [3.63, 3.8) is 0 Å². The fourth-order valence-electron chi connectivity index (χ4n) is 2.21. The second-order valence-electron chi connectivity index (χ2n) is 5.53. The molecule has 0 unspecified atom stereocenters. The van der Waals surface area contributed by atoms with Gasteiger partial charge >= 0.3 is 0 Å². The Morgan fingerprint density at radius 1 is 1.08 bits per heavy atom. The van der Waals surface area contributed by atoms with Crippen molar-refractivity contribution in [1.82, 2.24) is 15.6 Å². The second-order valence-corrected chi connectivity index (χ2v) is 5.53. The molecular formula is C19H27IN4O. The molecule has 0 radical (unpaired) electrons. The van der Waals surface area contributed by atoms with Crippen LogP contribution in [0.1, 0.15) is 23.7 Å². The van der Waals surface area contributed by atoms with E-state index in [-0.39, 0.29) is 24.0 Å². The number of nitrogens with zero attached hydrogens (tertiary/aromatic N) is 2. The number of halogens is 1. The molecule has 136 valence electrons. The highest BCUT2D eigenvalue weighted by Gasteiger charge is 1.99. The van der Waals surface area contributed by atoms with Crippen molar-refractivity contribution in [3.8, 4) is 5.75 Å². The number of aromatic nitrogens is 1. The van der Waals surface area contributed by atoms with E-state index >= 15 is 0 Å². The Kier molecular flexibility index (Phi) is 9.91. The van der Waals surface area contributed by atoms with E-state index in [1.807, 2.05) is 43.5 Å². The van der Waals surface area contributed by atoms with Crippen molar-refractivity contribution in [2.45, 2.75) is 26.8 Å². The summed E-state index contributed by atoms with van der Waals surface area (Å²) in [5.74, 6) is 1.69. The number of ether oxygens (including phenoxy) is 1. The molecule has 5 nitrogen and oxygen atoms in total. The maximum atomic E-state index is 5.17. The lowest BCUT2D eigenvalue weighted by Crippen LogP contribution is -2.38. The molecule has 0 spiro atoms. The van der Waals surface area contributed by atoms with E-state index in [9.17, 15) is 0 Å². The van der Waals surface area contributed by atoms with Gasteiger partial charge in [0.25, 0.3) is 0 Å². The molecule has 0 fully saturated rings. The minimum absolute atomic E-state index is 0. The lowest BCUT2D eigenvalue weighted by atomic mass is 10.2. The van der Waals surface area contributed by atoms with Gasteiger partial charge in [0.2, 0.25) is 0 Å². The molecule has 0 saturated heterocycles. The summed E-state index contributed by atoms with van der Waals surface area (Å²) in [6.07, 6.45) is 2.85. The Bertz CT molecular complexity index is 641. The topological polar surface area (TPSA) is 58.5 Å². The lowest BCUT2D eigenvalue weighted by Gasteiger charge is -2.11. The van der Waals surface area contributed by atoms with Crippen LogP contribution in [0.15, 0.2) is 47.6 Å². The molecule has 0 bridgehead atoms. The predicted octanol–water partition coefficient (Wildman–Crippen LogP) is 3.31. The number of rotatable bonds is 7. The smallest absolute Gasteiger partial charge is 0.191 e. The minimum Gasteiger partial charge on any atom is -0.497 e. The van der Waals surface area contributed by atoms with E-state index < -0.39 is 0 Å². The van der Waals surface area contributed by atoms with Crippen molar-refractivity contribution in [2.75, 3.05) is 20.2 Å². The molecular weight excluding hydrogens is 427 g/mol. The fraction of sp³-hybridized carbons (Fsp3) is 0.368. The first kappa shape index (κ1) is 21.2. The molecule has 6 heteroatoms. The number of aryl methyl sites for hydroxylation is 1. The largest absolute Gasteiger partial charge is 0.497 e. The van der Waals surface area contributed by atoms with Gasteiger partial charge in [-0.2, -0.15) is 0 Å². The number of benzene rings is 1. The van der Waals surface area contributed by atoms with Gasteiger partial charge in [0.05, 0.1) is 13.7 Å². The van der Waals surface area contributed by atoms with E-state index in [0.29, 0.717) is 6.54 Å². The van der Waals surface area contributed by atoms with Crippen LogP contribution in [-0.4, -0.2) is 31.1 Å². The molecule has 1 heterocycles. The first-order valence-electron chi connectivity index (χ1n) is 8.28. The first-order valence-corrected chi connectivity index (χ1v) is 8.28. The highest BCUT2D eigenvalue weighted by atomic mass is 127. The van der Waals surface area contributed by atoms with E-state index in [0.717, 1.165) is 42.5 Å². The molecule has 1 aromatic heterocycles. The summed E-state index contributed by atoms with van der Waals surface area (Å²) in [5.41, 5.74) is 3.41. The van der Waals surface area contributed by atoms with Crippen molar-refractivity contribution in [1.29, 1.82) is 0 Å². The van der Waals surface area contributed by atoms with Crippen molar-refractivity contribution in [3.05, 3.63) is 59.4 Å². The van der Waals surface area contributed by atoms with E-state index in [1.54, 1.807) is 7.11 Å². The van der Waals surface area contributed by atoms with Gasteiger partial charge in [-0.05, 0) is 49.6 Å². The van der Waals surface area contributed by atoms with E-state index in [1.165, 1.54) is 5.56 Å². The molecule has 2 rings (SSSR count). The Balaban J connectivity index is 0.00000312. The average molecular weight is 454 g/mol. The number of hydrogen-bond acceptors (Lipinski definition) is 3. The van der Waals surface area contributed by atoms with Crippen LogP contribution in [-0.2, 0) is 13.0 Å². The normalized spacial score (nSPS) is 10.8. The maximum absolute atomic E-state index is 5.17. The molecule has 1 aromatic carbocycles. The standard InChI is InChI=1S/C19H26N4O.HI/c1-4-20-19(21-12-11-17-6-5-15(2)22-13-17)23-14-16-7-9-18(24-3)10-8-16;/h5-10,13H,4,11-12,14H2,1-3H3,(H2,20,21,23);1H. The van der Waals surface area contributed by atoms with Crippen molar-refractivity contribution >= 4 is 29.9 Å². The zero-order valence-electron chi connectivity index (χ0n) is 15.1. The quantitative estimate of drug-likeness (QED) is 0.383. The highest BCUT2D eigenvalue weighted by Crippen LogP contribution is 2.11. The van der Waals surface area contributed by atoms with Gasteiger partial charge < -0.3 is 15.4 Å². The summed E-state index contributed by atoms with van der Waals surface area (Å²) in [5, 5.41) is 6.63. The third-order valence-electron chi connectivity index (χ3n) is 3.60. The summed E-state index contributed by atoms with van der Waals surface area (Å²) in [7, 11) is 1.67. The van der Waals surface area contributed by atoms with Gasteiger partial charge in [0.1, 0.15) is 5.75 Å². The molecule has 2 N–H and O–H groups in total. The second kappa shape index (κ2) is 11.7. The van der Waals surface area contributed by atoms with Crippen LogP contribution in [0.25, 0.3) is 0 Å². The van der Waals surface area contributed by atoms with Gasteiger partial charge in [-0.15, -0.1) is 24.0 Å². The van der Waals surface area contributed by atoms with Gasteiger partial charge in [0.15, 0.2) is 5.96 Å². The molecule has 0 atom stereocenters. The summed E-state index contributed by atoms with van der Waals surface area (Å²) < 4.78 is 5.17. The number of nitrogens with one attached hydrogen (secondary N) is 2. The van der Waals surface area contributed by atoms with Crippen LogP contribution >= 0.6 is 24.0 Å². The molecule has 0 saturated carbocycles. The minimum atomic E-state index is 0. The van der Waals surface area contributed by atoms with Gasteiger partial charge in [0, 0.05) is 25.0 Å². The summed E-state index contributed by atoms with van der Waals surface area (Å²) >= 11 is 0. The Morgan fingerprint density at radius 2 is 1.80 bits per heavy atom. The van der Waals surface area contributed by atoms with Gasteiger partial charge in [-0.3, -0.25) is 4.98 Å². The SMILES string of the molecule is CCNC(=NCc1ccc(OC)cc1)NCCc1ccc(C)nc1.I. The number of pyridine rings is 1. The first-order chi connectivity index (χ1) is 11.7. The monoisotopic (exact) mass is 454 g/mol. The van der Waals surface area contributed by atoms with Crippen LogP contribution in [0.5, 0.6) is 5.75 Å². The molecule has 0 aliphatic heterocycles. The Morgan fingerprint density at radius 3 is 2.40 bits per heavy atom. The van der Waals surface area contributed by atoms with Crippen LogP contribution in [0.2, 0.25) is 0 Å². The molecule has 25 heavy (non-hydrogen) atoms. The Labute approximate surface area is 167 Å². The molecule has 0 amide bonds. The third kappa shape index (κ3) is 7.72. The molecule has 2 aromatic rings. The van der Waals surface area contributed by atoms with Gasteiger partial charge in [-0.25, -0.2) is 4.99 Å². The zero-order valence-corrected chi connectivity index (χ0v) is 17.4.